The lowest BCUT2D eigenvalue weighted by molar-refractivity contribution is -0.163. The van der Waals surface area contributed by atoms with Crippen molar-refractivity contribution in [2.45, 2.75) is 64.0 Å². The van der Waals surface area contributed by atoms with Gasteiger partial charge in [0.15, 0.2) is 0 Å². The summed E-state index contributed by atoms with van der Waals surface area (Å²) in [5.74, 6) is 1.15. The quantitative estimate of drug-likeness (QED) is 0.840. The SMILES string of the molecule is CCC1(C)NC(=O)C(C)(C2CC2)N(CC2CC2)C1=O. The van der Waals surface area contributed by atoms with Gasteiger partial charge in [-0.2, -0.15) is 0 Å². The van der Waals surface area contributed by atoms with E-state index in [4.69, 9.17) is 0 Å². The molecule has 1 aliphatic heterocycles. The predicted molar refractivity (Wildman–Crippen MR) is 72.4 cm³/mol. The maximum atomic E-state index is 12.8. The molecule has 3 aliphatic rings. The number of hydrogen-bond acceptors (Lipinski definition) is 2. The molecule has 0 bridgehead atoms. The zero-order valence-electron chi connectivity index (χ0n) is 12.2. The number of rotatable bonds is 4. The minimum absolute atomic E-state index is 0.0552. The minimum Gasteiger partial charge on any atom is -0.340 e. The van der Waals surface area contributed by atoms with Gasteiger partial charge in [0, 0.05) is 6.54 Å². The second-order valence-corrected chi connectivity index (χ2v) is 6.92. The summed E-state index contributed by atoms with van der Waals surface area (Å²) < 4.78 is 0. The highest BCUT2D eigenvalue weighted by atomic mass is 16.2. The smallest absolute Gasteiger partial charge is 0.248 e. The van der Waals surface area contributed by atoms with Crippen LogP contribution in [0.5, 0.6) is 0 Å². The molecule has 2 saturated carbocycles. The van der Waals surface area contributed by atoms with Gasteiger partial charge in [0.1, 0.15) is 11.1 Å². The van der Waals surface area contributed by atoms with Crippen molar-refractivity contribution >= 4 is 11.8 Å². The van der Waals surface area contributed by atoms with Gasteiger partial charge in [-0.05, 0) is 57.8 Å². The van der Waals surface area contributed by atoms with Gasteiger partial charge in [0.25, 0.3) is 0 Å². The van der Waals surface area contributed by atoms with Crippen LogP contribution in [0, 0.1) is 11.8 Å². The summed E-state index contributed by atoms with van der Waals surface area (Å²) >= 11 is 0. The molecule has 2 unspecified atom stereocenters. The van der Waals surface area contributed by atoms with E-state index in [1.165, 1.54) is 12.8 Å². The lowest BCUT2D eigenvalue weighted by Crippen LogP contribution is -2.75. The lowest BCUT2D eigenvalue weighted by atomic mass is 9.82. The number of carbonyl (C=O) groups is 2. The van der Waals surface area contributed by atoms with E-state index >= 15 is 0 Å². The van der Waals surface area contributed by atoms with Crippen LogP contribution in [0.3, 0.4) is 0 Å². The molecule has 2 amide bonds. The Kier molecular flexibility index (Phi) is 2.70. The van der Waals surface area contributed by atoms with E-state index in [1.807, 2.05) is 25.7 Å². The summed E-state index contributed by atoms with van der Waals surface area (Å²) in [4.78, 5) is 27.4. The largest absolute Gasteiger partial charge is 0.340 e. The van der Waals surface area contributed by atoms with Gasteiger partial charge in [0.05, 0.1) is 0 Å². The third kappa shape index (κ3) is 1.87. The molecule has 1 saturated heterocycles. The molecule has 3 rings (SSSR count). The second kappa shape index (κ2) is 3.97. The van der Waals surface area contributed by atoms with Crippen molar-refractivity contribution in [1.82, 2.24) is 10.2 Å². The Morgan fingerprint density at radius 1 is 1.21 bits per heavy atom. The van der Waals surface area contributed by atoms with Gasteiger partial charge in [-0.1, -0.05) is 6.92 Å². The lowest BCUT2D eigenvalue weighted by Gasteiger charge is -2.50. The first-order valence-electron chi connectivity index (χ1n) is 7.56. The van der Waals surface area contributed by atoms with E-state index in [0.29, 0.717) is 18.3 Å². The monoisotopic (exact) mass is 264 g/mol. The molecule has 1 heterocycles. The van der Waals surface area contributed by atoms with Crippen LogP contribution in [-0.4, -0.2) is 34.3 Å². The van der Waals surface area contributed by atoms with Crippen LogP contribution in [-0.2, 0) is 9.59 Å². The van der Waals surface area contributed by atoms with Crippen molar-refractivity contribution in [3.63, 3.8) is 0 Å². The molecule has 1 N–H and O–H groups in total. The van der Waals surface area contributed by atoms with Crippen molar-refractivity contribution in [2.75, 3.05) is 6.54 Å². The first-order chi connectivity index (χ1) is 8.91. The number of amides is 2. The average molecular weight is 264 g/mol. The first-order valence-corrected chi connectivity index (χ1v) is 7.56. The van der Waals surface area contributed by atoms with Crippen molar-refractivity contribution in [3.05, 3.63) is 0 Å². The zero-order valence-corrected chi connectivity index (χ0v) is 12.2. The molecule has 2 atom stereocenters. The van der Waals surface area contributed by atoms with Crippen molar-refractivity contribution < 1.29 is 9.59 Å². The van der Waals surface area contributed by atoms with Gasteiger partial charge in [-0.25, -0.2) is 0 Å². The van der Waals surface area contributed by atoms with Crippen molar-refractivity contribution in [2.24, 2.45) is 11.8 Å². The molecule has 0 aromatic heterocycles. The van der Waals surface area contributed by atoms with Crippen LogP contribution < -0.4 is 5.32 Å². The fourth-order valence-electron chi connectivity index (χ4n) is 3.18. The molecular weight excluding hydrogens is 240 g/mol. The Balaban J connectivity index is 1.94. The Labute approximate surface area is 114 Å². The maximum absolute atomic E-state index is 12.8. The molecule has 0 aromatic rings. The van der Waals surface area contributed by atoms with E-state index in [2.05, 4.69) is 5.32 Å². The Morgan fingerprint density at radius 3 is 2.32 bits per heavy atom. The van der Waals surface area contributed by atoms with E-state index in [-0.39, 0.29) is 11.8 Å². The molecule has 19 heavy (non-hydrogen) atoms. The average Bonchev–Trinajstić information content (AvgIpc) is 3.25. The Bertz CT molecular complexity index is 428. The highest BCUT2D eigenvalue weighted by molar-refractivity contribution is 6.02. The molecule has 4 nitrogen and oxygen atoms in total. The van der Waals surface area contributed by atoms with Gasteiger partial charge in [-0.3, -0.25) is 9.59 Å². The van der Waals surface area contributed by atoms with E-state index in [9.17, 15) is 9.59 Å². The van der Waals surface area contributed by atoms with Gasteiger partial charge in [-0.15, -0.1) is 0 Å². The molecule has 0 spiro atoms. The van der Waals surface area contributed by atoms with Crippen LogP contribution in [0.15, 0.2) is 0 Å². The van der Waals surface area contributed by atoms with Crippen molar-refractivity contribution in [1.29, 1.82) is 0 Å². The Morgan fingerprint density at radius 2 is 1.84 bits per heavy atom. The predicted octanol–water partition coefficient (Wildman–Crippen LogP) is 1.69. The zero-order chi connectivity index (χ0) is 13.8. The summed E-state index contributed by atoms with van der Waals surface area (Å²) in [5, 5.41) is 3.00. The highest BCUT2D eigenvalue weighted by Crippen LogP contribution is 2.47. The van der Waals surface area contributed by atoms with Crippen molar-refractivity contribution in [3.8, 4) is 0 Å². The number of nitrogens with zero attached hydrogens (tertiary/aromatic N) is 1. The van der Waals surface area contributed by atoms with Gasteiger partial charge in [0.2, 0.25) is 11.8 Å². The fraction of sp³-hybridized carbons (Fsp3) is 0.867. The summed E-state index contributed by atoms with van der Waals surface area (Å²) in [7, 11) is 0. The van der Waals surface area contributed by atoms with Gasteiger partial charge >= 0.3 is 0 Å². The minimum atomic E-state index is -0.708. The number of hydrogen-bond donors (Lipinski definition) is 1. The molecule has 0 aromatic carbocycles. The van der Waals surface area contributed by atoms with E-state index < -0.39 is 11.1 Å². The molecule has 106 valence electrons. The Hall–Kier alpha value is -1.06. The molecule has 4 heteroatoms. The fourth-order valence-corrected chi connectivity index (χ4v) is 3.18. The standard InChI is InChI=1S/C15H24N2O2/c1-4-14(2)13(19)17(9-10-5-6-10)15(3,11-7-8-11)12(18)16-14/h10-11H,4-9H2,1-3H3,(H,16,18). The normalized spacial score (nSPS) is 39.4. The van der Waals surface area contributed by atoms with E-state index in [1.54, 1.807) is 0 Å². The van der Waals surface area contributed by atoms with Crippen LogP contribution in [0.1, 0.15) is 52.9 Å². The summed E-state index contributed by atoms with van der Waals surface area (Å²) in [6.45, 7) is 6.57. The second-order valence-electron chi connectivity index (χ2n) is 6.92. The number of carbonyl (C=O) groups excluding carboxylic acids is 2. The highest BCUT2D eigenvalue weighted by Gasteiger charge is 2.60. The summed E-state index contributed by atoms with van der Waals surface area (Å²) in [6.07, 6.45) is 5.20. The van der Waals surface area contributed by atoms with Crippen LogP contribution >= 0.6 is 0 Å². The third-order valence-electron chi connectivity index (χ3n) is 5.34. The molecule has 2 aliphatic carbocycles. The van der Waals surface area contributed by atoms with Crippen LogP contribution in [0.2, 0.25) is 0 Å². The van der Waals surface area contributed by atoms with Crippen LogP contribution in [0.25, 0.3) is 0 Å². The van der Waals surface area contributed by atoms with Crippen LogP contribution in [0.4, 0.5) is 0 Å². The number of piperazine rings is 1. The molecule has 0 radical (unpaired) electrons. The van der Waals surface area contributed by atoms with Gasteiger partial charge < -0.3 is 10.2 Å². The topological polar surface area (TPSA) is 49.4 Å². The summed E-state index contributed by atoms with van der Waals surface area (Å²) in [5.41, 5.74) is -1.31. The molecule has 3 fully saturated rings. The summed E-state index contributed by atoms with van der Waals surface area (Å²) in [6, 6.07) is 0. The maximum Gasteiger partial charge on any atom is 0.248 e. The van der Waals surface area contributed by atoms with E-state index in [0.717, 1.165) is 19.4 Å². The number of nitrogens with one attached hydrogen (secondary N) is 1. The third-order valence-corrected chi connectivity index (χ3v) is 5.34. The molecular formula is C15H24N2O2. The first kappa shape index (κ1) is 12.9.